The molecule has 9 heteroatoms. The quantitative estimate of drug-likeness (QED) is 0.197. The minimum absolute atomic E-state index is 0.0423. The van der Waals surface area contributed by atoms with Gasteiger partial charge in [0.1, 0.15) is 0 Å². The number of hydrogen-bond donors (Lipinski definition) is 3. The molecule has 5 rings (SSSR count). The minimum atomic E-state index is -0.0423. The standard InChI is InChI=1S/C32H43N5O2S.Au/c1-19-11-21(3)30(22(4)12-19)36-16-25(37(18-36)31-23(5)13-20(2)14-24(31)6)15-33-28(38)10-8-7-9-27-29-26(17-40-27)34-32(39)35-29;/h11-14,25-27,29H,7-10,15-17H2,1-6H3,(H,33,38)(H2,34,35,39);/t25-,26-,27-,29-;/m0./s1. The number of anilines is 2. The van der Waals surface area contributed by atoms with Gasteiger partial charge in [0, 0.05) is 5.75 Å². The second-order valence-corrected chi connectivity index (χ2v) is 14.3. The molecule has 0 radical (unpaired) electrons. The number of nitrogens with zero attached hydrogens (tertiary/aromatic N) is 2. The first-order valence-electron chi connectivity index (χ1n) is 14.7. The number of carbonyl (C=O) groups excluding carboxylic acids is 2. The summed E-state index contributed by atoms with van der Waals surface area (Å²) in [7, 11) is 0. The number of unbranched alkanes of at least 4 members (excludes halogenated alkanes) is 1. The third-order valence-corrected chi connectivity index (χ3v) is 11.2. The van der Waals surface area contributed by atoms with E-state index >= 15 is 0 Å². The van der Waals surface area contributed by atoms with Crippen LogP contribution in [0.15, 0.2) is 24.3 Å². The van der Waals surface area contributed by atoms with Crippen molar-refractivity contribution in [3.63, 3.8) is 0 Å². The summed E-state index contributed by atoms with van der Waals surface area (Å²) in [6.07, 6.45) is 3.42. The molecule has 0 bridgehead atoms. The predicted octanol–water partition coefficient (Wildman–Crippen LogP) is 4.71. The van der Waals surface area contributed by atoms with Crippen molar-refractivity contribution in [2.45, 2.75) is 90.6 Å². The summed E-state index contributed by atoms with van der Waals surface area (Å²) in [5.74, 6) is 1.09. The number of aryl methyl sites for hydroxylation is 6. The molecule has 3 saturated heterocycles. The van der Waals surface area contributed by atoms with Gasteiger partial charge in [-0.25, -0.2) is 4.79 Å². The van der Waals surface area contributed by atoms with Crippen molar-refractivity contribution in [2.75, 3.05) is 28.6 Å². The van der Waals surface area contributed by atoms with E-state index < -0.39 is 0 Å². The molecule has 3 heterocycles. The van der Waals surface area contributed by atoms with Gasteiger partial charge < -0.3 is 10.6 Å². The van der Waals surface area contributed by atoms with E-state index in [0.29, 0.717) is 18.2 Å². The van der Waals surface area contributed by atoms with Gasteiger partial charge in [0.25, 0.3) is 0 Å². The molecule has 41 heavy (non-hydrogen) atoms. The molecule has 2 aromatic rings. The van der Waals surface area contributed by atoms with Gasteiger partial charge in [-0.2, -0.15) is 0 Å². The van der Waals surface area contributed by atoms with E-state index in [1.807, 2.05) is 11.8 Å². The Morgan fingerprint density at radius 1 is 0.951 bits per heavy atom. The summed E-state index contributed by atoms with van der Waals surface area (Å²) in [5.41, 5.74) is 10.1. The van der Waals surface area contributed by atoms with Crippen molar-refractivity contribution in [2.24, 2.45) is 0 Å². The summed E-state index contributed by atoms with van der Waals surface area (Å²) < 4.78 is 1.15. The van der Waals surface area contributed by atoms with Crippen LogP contribution in [0.3, 0.4) is 0 Å². The zero-order valence-electron chi connectivity index (χ0n) is 25.0. The molecule has 3 N–H and O–H groups in total. The first-order chi connectivity index (χ1) is 19.5. The van der Waals surface area contributed by atoms with E-state index in [1.165, 1.54) is 44.8 Å². The molecule has 3 fully saturated rings. The molecule has 2 aromatic carbocycles. The van der Waals surface area contributed by atoms with Crippen molar-refractivity contribution >= 4 is 39.0 Å². The Balaban J connectivity index is 1.24. The fraction of sp³-hybridized carbons (Fsp3) is 0.531. The van der Waals surface area contributed by atoms with Crippen LogP contribution in [-0.2, 0) is 25.4 Å². The monoisotopic (exact) mass is 758 g/mol. The van der Waals surface area contributed by atoms with E-state index in [4.69, 9.17) is 0 Å². The molecule has 3 aliphatic heterocycles. The Labute approximate surface area is 261 Å². The normalized spacial score (nSPS) is 23.6. The molecule has 0 aliphatic carbocycles. The number of rotatable bonds is 9. The Hall–Kier alpha value is -2.26. The van der Waals surface area contributed by atoms with Gasteiger partial charge in [0.15, 0.2) is 0 Å². The molecule has 7 nitrogen and oxygen atoms in total. The van der Waals surface area contributed by atoms with Crippen molar-refractivity contribution in [3.8, 4) is 0 Å². The summed E-state index contributed by atoms with van der Waals surface area (Å²) in [4.78, 5) is 29.5. The van der Waals surface area contributed by atoms with Crippen LogP contribution in [0.2, 0.25) is 0 Å². The zero-order valence-corrected chi connectivity index (χ0v) is 28.0. The Morgan fingerprint density at radius 3 is 2.20 bits per heavy atom. The molecular weight excluding hydrogens is 715 g/mol. The van der Waals surface area contributed by atoms with Crippen molar-refractivity contribution in [1.82, 2.24) is 16.0 Å². The Bertz CT molecular complexity index is 1320. The fourth-order valence-electron chi connectivity index (χ4n) is 6.97. The zero-order chi connectivity index (χ0) is 29.4. The summed E-state index contributed by atoms with van der Waals surface area (Å²) in [6.45, 7) is 14.5. The molecule has 0 saturated carbocycles. The van der Waals surface area contributed by atoms with Gasteiger partial charge >= 0.3 is 235 Å². The van der Waals surface area contributed by atoms with Crippen LogP contribution in [0.5, 0.6) is 0 Å². The van der Waals surface area contributed by atoms with Crippen LogP contribution in [-0.4, -0.2) is 58.1 Å². The molecular formula is C32H43AuN5O2S. The number of fused-ring (bicyclic) bond motifs is 1. The van der Waals surface area contributed by atoms with Crippen LogP contribution in [0.1, 0.15) is 59.1 Å². The van der Waals surface area contributed by atoms with E-state index in [2.05, 4.69) is 112 Å². The molecule has 0 aromatic heterocycles. The topological polar surface area (TPSA) is 76.7 Å². The Morgan fingerprint density at radius 2 is 1.56 bits per heavy atom. The third-order valence-electron chi connectivity index (χ3n) is 8.54. The first kappa shape index (κ1) is 30.2. The van der Waals surface area contributed by atoms with Crippen molar-refractivity contribution in [3.05, 3.63) is 57.6 Å². The number of amides is 3. The summed E-state index contributed by atoms with van der Waals surface area (Å²) in [5, 5.41) is 9.78. The second-order valence-electron chi connectivity index (χ2n) is 12.0. The molecule has 0 unspecified atom stereocenters. The number of nitrogens with one attached hydrogen (secondary N) is 3. The van der Waals surface area contributed by atoms with Gasteiger partial charge in [-0.3, -0.25) is 0 Å². The van der Waals surface area contributed by atoms with Crippen LogP contribution < -0.4 is 25.8 Å². The number of urea groups is 1. The van der Waals surface area contributed by atoms with Gasteiger partial charge in [0.05, 0.1) is 6.04 Å². The second kappa shape index (κ2) is 12.5. The van der Waals surface area contributed by atoms with Crippen LogP contribution in [0.25, 0.3) is 0 Å². The predicted molar refractivity (Wildman–Crippen MR) is 167 cm³/mol. The number of carbonyl (C=O) groups is 2. The van der Waals surface area contributed by atoms with Crippen molar-refractivity contribution < 1.29 is 30.2 Å². The summed E-state index contributed by atoms with van der Waals surface area (Å²) >= 11 is 4.68. The number of hydrogen-bond acceptors (Lipinski definition) is 5. The van der Waals surface area contributed by atoms with Crippen LogP contribution in [0.4, 0.5) is 16.2 Å². The van der Waals surface area contributed by atoms with Gasteiger partial charge in [-0.05, 0) is 0 Å². The van der Waals surface area contributed by atoms with Gasteiger partial charge in [0.2, 0.25) is 0 Å². The average molecular weight is 759 g/mol. The molecule has 3 amide bonds. The van der Waals surface area contributed by atoms with Crippen molar-refractivity contribution in [1.29, 1.82) is 0 Å². The first-order valence-corrected chi connectivity index (χ1v) is 16.8. The summed E-state index contributed by atoms with van der Waals surface area (Å²) in [6, 6.07) is 9.57. The molecule has 3 aliphatic rings. The van der Waals surface area contributed by atoms with Crippen LogP contribution >= 0.6 is 11.8 Å². The third kappa shape index (κ3) is 6.41. The molecule has 225 valence electrons. The Kier molecular flexibility index (Phi) is 9.24. The van der Waals surface area contributed by atoms with E-state index in [0.717, 1.165) is 35.5 Å². The fourth-order valence-corrected chi connectivity index (χ4v) is 9.59. The molecule has 0 spiro atoms. The van der Waals surface area contributed by atoms with E-state index in [9.17, 15) is 9.59 Å². The van der Waals surface area contributed by atoms with E-state index in [1.54, 1.807) is 0 Å². The maximum absolute atomic E-state index is 13.0. The number of thioether (sulfide) groups is 1. The van der Waals surface area contributed by atoms with Gasteiger partial charge in [-0.15, -0.1) is 0 Å². The SMILES string of the molecule is Cc1cc(C)c(N2C[C@H](CNC(=O)CCCC[C@@H]3SC[C@@H]4NC(=O)N[C@@H]43)N(c3c(C)cc(C)cc3C)[C]2=[Au])c(C)c1. The number of benzene rings is 2. The average Bonchev–Trinajstić information content (AvgIpc) is 3.53. The van der Waals surface area contributed by atoms with Gasteiger partial charge in [-0.1, -0.05) is 0 Å². The molecule has 4 atom stereocenters. The van der Waals surface area contributed by atoms with Crippen LogP contribution in [0, 0.1) is 41.5 Å². The maximum atomic E-state index is 13.0. The van der Waals surface area contributed by atoms with E-state index in [-0.39, 0.29) is 30.1 Å².